The molecule has 0 bridgehead atoms. The predicted molar refractivity (Wildman–Crippen MR) is 67.7 cm³/mol. The number of quaternary nitrogens is 1. The van der Waals surface area contributed by atoms with Crippen LogP contribution in [0.3, 0.4) is 0 Å². The number of hydrogen-bond donors (Lipinski definition) is 0. The standard InChI is InChI=1S/C11H19N2O3S/c1-13(4-6-16-7-5-13)10-8-9(14-2)12-11(15-3)17-10/h8,11H,4-7H2,1-3H3/q+1. The van der Waals surface area contributed by atoms with Crippen molar-refractivity contribution >= 4 is 17.7 Å². The van der Waals surface area contributed by atoms with Gasteiger partial charge in [-0.25, -0.2) is 4.99 Å². The van der Waals surface area contributed by atoms with Gasteiger partial charge in [-0.1, -0.05) is 0 Å². The Labute approximate surface area is 106 Å². The van der Waals surface area contributed by atoms with Crippen LogP contribution in [-0.4, -0.2) is 63.5 Å². The zero-order valence-corrected chi connectivity index (χ0v) is 11.3. The van der Waals surface area contributed by atoms with Gasteiger partial charge in [0, 0.05) is 7.11 Å². The highest BCUT2D eigenvalue weighted by Crippen LogP contribution is 2.34. The van der Waals surface area contributed by atoms with Crippen LogP contribution in [0.25, 0.3) is 0 Å². The Kier molecular flexibility index (Phi) is 4.09. The molecule has 1 saturated heterocycles. The molecule has 0 aromatic carbocycles. The van der Waals surface area contributed by atoms with E-state index in [0.29, 0.717) is 5.90 Å². The molecule has 0 N–H and O–H groups in total. The Hall–Kier alpha value is -0.560. The van der Waals surface area contributed by atoms with E-state index < -0.39 is 0 Å². The molecule has 0 spiro atoms. The molecule has 2 aliphatic heterocycles. The van der Waals surface area contributed by atoms with Crippen molar-refractivity contribution in [2.24, 2.45) is 4.99 Å². The number of hydrogen-bond acceptors (Lipinski definition) is 5. The summed E-state index contributed by atoms with van der Waals surface area (Å²) in [5.74, 6) is 0.636. The Morgan fingerprint density at radius 2 is 2.12 bits per heavy atom. The van der Waals surface area contributed by atoms with Crippen LogP contribution in [0.5, 0.6) is 0 Å². The van der Waals surface area contributed by atoms with E-state index in [1.807, 2.05) is 6.08 Å². The average Bonchev–Trinajstić information content (AvgIpc) is 2.39. The highest BCUT2D eigenvalue weighted by molar-refractivity contribution is 8.03. The molecular formula is C11H19N2O3S+. The number of likely N-dealkylation sites (N-methyl/N-ethyl adjacent to an activating group) is 1. The minimum Gasteiger partial charge on any atom is -0.481 e. The van der Waals surface area contributed by atoms with Gasteiger partial charge < -0.3 is 14.2 Å². The Morgan fingerprint density at radius 3 is 2.71 bits per heavy atom. The third-order valence-electron chi connectivity index (χ3n) is 3.10. The first-order valence-electron chi connectivity index (χ1n) is 5.64. The fourth-order valence-electron chi connectivity index (χ4n) is 1.87. The summed E-state index contributed by atoms with van der Waals surface area (Å²) in [7, 11) is 5.51. The average molecular weight is 259 g/mol. The summed E-state index contributed by atoms with van der Waals surface area (Å²) in [6.45, 7) is 3.55. The lowest BCUT2D eigenvalue weighted by atomic mass is 10.3. The van der Waals surface area contributed by atoms with Gasteiger partial charge in [0.2, 0.25) is 11.5 Å². The van der Waals surface area contributed by atoms with Crippen molar-refractivity contribution < 1.29 is 18.7 Å². The van der Waals surface area contributed by atoms with E-state index in [9.17, 15) is 0 Å². The van der Waals surface area contributed by atoms with Gasteiger partial charge in [-0.05, 0) is 11.8 Å². The summed E-state index contributed by atoms with van der Waals surface area (Å²) < 4.78 is 16.8. The molecule has 0 aromatic heterocycles. The van der Waals surface area contributed by atoms with Gasteiger partial charge in [-0.15, -0.1) is 0 Å². The molecule has 1 unspecified atom stereocenters. The molecule has 2 aliphatic rings. The smallest absolute Gasteiger partial charge is 0.218 e. The van der Waals surface area contributed by atoms with Gasteiger partial charge in [-0.2, -0.15) is 0 Å². The fraction of sp³-hybridized carbons (Fsp3) is 0.727. The van der Waals surface area contributed by atoms with Crippen LogP contribution in [0.1, 0.15) is 0 Å². The Morgan fingerprint density at radius 1 is 1.41 bits per heavy atom. The van der Waals surface area contributed by atoms with Gasteiger partial charge in [0.25, 0.3) is 0 Å². The van der Waals surface area contributed by atoms with Crippen molar-refractivity contribution in [1.82, 2.24) is 0 Å². The first-order valence-corrected chi connectivity index (χ1v) is 6.52. The number of morpholine rings is 1. The van der Waals surface area contributed by atoms with Gasteiger partial charge in [-0.3, -0.25) is 4.48 Å². The number of methoxy groups -OCH3 is 2. The lowest BCUT2D eigenvalue weighted by Crippen LogP contribution is -2.51. The van der Waals surface area contributed by atoms with E-state index in [-0.39, 0.29) is 5.56 Å². The zero-order chi connectivity index (χ0) is 12.3. The Balaban J connectivity index is 2.19. The van der Waals surface area contributed by atoms with Crippen LogP contribution in [0, 0.1) is 0 Å². The third kappa shape index (κ3) is 2.82. The maximum absolute atomic E-state index is 5.42. The molecule has 2 heterocycles. The summed E-state index contributed by atoms with van der Waals surface area (Å²) in [4.78, 5) is 4.31. The molecule has 1 atom stereocenters. The maximum atomic E-state index is 5.42. The van der Waals surface area contributed by atoms with Crippen LogP contribution in [0.2, 0.25) is 0 Å². The normalized spacial score (nSPS) is 28.3. The first-order chi connectivity index (χ1) is 8.18. The van der Waals surface area contributed by atoms with Crippen LogP contribution in [0.4, 0.5) is 0 Å². The van der Waals surface area contributed by atoms with Gasteiger partial charge in [0.05, 0.1) is 33.4 Å². The lowest BCUT2D eigenvalue weighted by Gasteiger charge is -2.39. The molecule has 0 amide bonds. The van der Waals surface area contributed by atoms with Crippen LogP contribution in [-0.2, 0) is 14.2 Å². The van der Waals surface area contributed by atoms with Gasteiger partial charge in [0.1, 0.15) is 13.1 Å². The number of thioether (sulfide) groups is 1. The molecular weight excluding hydrogens is 240 g/mol. The minimum absolute atomic E-state index is 0.206. The second kappa shape index (κ2) is 5.39. The van der Waals surface area contributed by atoms with E-state index in [0.717, 1.165) is 30.8 Å². The lowest BCUT2D eigenvalue weighted by molar-refractivity contribution is -0.873. The molecule has 17 heavy (non-hydrogen) atoms. The monoisotopic (exact) mass is 259 g/mol. The van der Waals surface area contributed by atoms with Crippen molar-refractivity contribution in [2.45, 2.75) is 5.56 Å². The highest BCUT2D eigenvalue weighted by Gasteiger charge is 2.35. The topological polar surface area (TPSA) is 40.0 Å². The first kappa shape index (κ1) is 12.9. The molecule has 5 nitrogen and oxygen atoms in total. The van der Waals surface area contributed by atoms with Crippen molar-refractivity contribution in [3.8, 4) is 0 Å². The SMILES string of the molecule is COC1=NC(OC)SC([N+]2(C)CCOCC2)=C1. The molecule has 6 heteroatoms. The summed E-state index contributed by atoms with van der Waals surface area (Å²) in [5, 5.41) is 1.23. The summed E-state index contributed by atoms with van der Waals surface area (Å²) in [5.41, 5.74) is -0.206. The van der Waals surface area contributed by atoms with Crippen LogP contribution < -0.4 is 0 Å². The molecule has 1 fully saturated rings. The second-order valence-electron chi connectivity index (χ2n) is 4.27. The van der Waals surface area contributed by atoms with Gasteiger partial charge >= 0.3 is 0 Å². The number of aliphatic imine (C=N–C) groups is 1. The molecule has 2 rings (SSSR count). The van der Waals surface area contributed by atoms with Crippen molar-refractivity contribution in [3.63, 3.8) is 0 Å². The van der Waals surface area contributed by atoms with E-state index in [4.69, 9.17) is 14.2 Å². The molecule has 0 saturated carbocycles. The minimum atomic E-state index is -0.206. The summed E-state index contributed by atoms with van der Waals surface area (Å²) in [6, 6.07) is 0. The number of rotatable bonds is 2. The molecule has 96 valence electrons. The quantitative estimate of drug-likeness (QED) is 0.694. The van der Waals surface area contributed by atoms with Crippen molar-refractivity contribution in [2.75, 3.05) is 47.6 Å². The van der Waals surface area contributed by atoms with Crippen LogP contribution >= 0.6 is 11.8 Å². The number of ether oxygens (including phenoxy) is 3. The Bertz CT molecular complexity index is 338. The fourth-order valence-corrected chi connectivity index (χ4v) is 2.94. The number of nitrogens with zero attached hydrogens (tertiary/aromatic N) is 2. The maximum Gasteiger partial charge on any atom is 0.218 e. The predicted octanol–water partition coefficient (Wildman–Crippen LogP) is 1.03. The summed E-state index contributed by atoms with van der Waals surface area (Å²) in [6.07, 6.45) is 2.01. The van der Waals surface area contributed by atoms with E-state index in [1.54, 1.807) is 26.0 Å². The van der Waals surface area contributed by atoms with E-state index >= 15 is 0 Å². The van der Waals surface area contributed by atoms with Gasteiger partial charge in [0.15, 0.2) is 5.03 Å². The van der Waals surface area contributed by atoms with E-state index in [1.165, 1.54) is 5.03 Å². The highest BCUT2D eigenvalue weighted by atomic mass is 32.2. The second-order valence-corrected chi connectivity index (χ2v) is 5.33. The zero-order valence-electron chi connectivity index (χ0n) is 10.5. The molecule has 0 aromatic rings. The summed E-state index contributed by atoms with van der Waals surface area (Å²) >= 11 is 1.64. The largest absolute Gasteiger partial charge is 0.481 e. The molecule has 0 radical (unpaired) electrons. The van der Waals surface area contributed by atoms with E-state index in [2.05, 4.69) is 12.0 Å². The van der Waals surface area contributed by atoms with Crippen LogP contribution in [0.15, 0.2) is 16.1 Å². The molecule has 0 aliphatic carbocycles. The van der Waals surface area contributed by atoms with Crippen molar-refractivity contribution in [1.29, 1.82) is 0 Å². The third-order valence-corrected chi connectivity index (χ3v) is 4.40. The van der Waals surface area contributed by atoms with Crippen molar-refractivity contribution in [3.05, 3.63) is 11.1 Å².